The summed E-state index contributed by atoms with van der Waals surface area (Å²) in [5.74, 6) is 0. The van der Waals surface area contributed by atoms with Crippen molar-refractivity contribution in [3.05, 3.63) is 35.9 Å². The summed E-state index contributed by atoms with van der Waals surface area (Å²) in [4.78, 5) is 0. The van der Waals surface area contributed by atoms with Crippen LogP contribution in [0, 0.1) is 0 Å². The Morgan fingerprint density at radius 1 is 1.06 bits per heavy atom. The summed E-state index contributed by atoms with van der Waals surface area (Å²) in [7, 11) is 3.09. The number of unbranched alkanes of at least 4 members (excludes halogenated alkanes) is 1. The summed E-state index contributed by atoms with van der Waals surface area (Å²) in [6.07, 6.45) is 2.75. The monoisotopic (exact) mass is 238 g/mol. The molecule has 0 radical (unpaired) electrons. The number of hydrogen-bond donors (Lipinski definition) is 1. The molecule has 0 aliphatic rings. The first kappa shape index (κ1) is 14.2. The van der Waals surface area contributed by atoms with E-state index in [1.807, 2.05) is 6.07 Å². The first-order valence-corrected chi connectivity index (χ1v) is 6.05. The fourth-order valence-corrected chi connectivity index (χ4v) is 1.87. The highest BCUT2D eigenvalue weighted by Gasteiger charge is 2.16. The van der Waals surface area contributed by atoms with Gasteiger partial charge in [0, 0.05) is 14.2 Å². The Bertz CT molecular complexity index is 283. The van der Waals surface area contributed by atoms with Crippen molar-refractivity contribution in [2.45, 2.75) is 38.1 Å². The van der Waals surface area contributed by atoms with E-state index >= 15 is 0 Å². The molecular weight excluding hydrogens is 216 g/mol. The highest BCUT2D eigenvalue weighted by Crippen LogP contribution is 2.11. The quantitative estimate of drug-likeness (QED) is 0.558. The molecule has 0 aliphatic heterocycles. The van der Waals surface area contributed by atoms with E-state index in [0.717, 1.165) is 19.3 Å². The number of aryl methyl sites for hydroxylation is 1. The van der Waals surface area contributed by atoms with E-state index in [1.54, 1.807) is 14.2 Å². The maximum atomic E-state index is 9.76. The Balaban J connectivity index is 2.16. The Morgan fingerprint density at radius 2 is 1.71 bits per heavy atom. The number of aliphatic hydroxyl groups is 1. The van der Waals surface area contributed by atoms with Crippen LogP contribution in [0.15, 0.2) is 30.3 Å². The number of aliphatic hydroxyl groups excluding tert-OH is 1. The van der Waals surface area contributed by atoms with Gasteiger partial charge in [0.05, 0.1) is 0 Å². The minimum atomic E-state index is -0.541. The van der Waals surface area contributed by atoms with E-state index in [1.165, 1.54) is 5.56 Å². The Kier molecular flexibility index (Phi) is 6.86. The highest BCUT2D eigenvalue weighted by molar-refractivity contribution is 5.14. The first-order chi connectivity index (χ1) is 8.27. The lowest BCUT2D eigenvalue weighted by molar-refractivity contribution is -0.165. The maximum absolute atomic E-state index is 9.76. The topological polar surface area (TPSA) is 38.7 Å². The third kappa shape index (κ3) is 5.31. The minimum absolute atomic E-state index is 0.508. The summed E-state index contributed by atoms with van der Waals surface area (Å²) in [6, 6.07) is 10.4. The van der Waals surface area contributed by atoms with E-state index < -0.39 is 12.4 Å². The minimum Gasteiger partial charge on any atom is -0.388 e. The van der Waals surface area contributed by atoms with Gasteiger partial charge in [0.2, 0.25) is 0 Å². The average Bonchev–Trinajstić information content (AvgIpc) is 2.37. The first-order valence-electron chi connectivity index (χ1n) is 6.05. The Labute approximate surface area is 103 Å². The summed E-state index contributed by atoms with van der Waals surface area (Å²) in [5.41, 5.74) is 1.34. The zero-order valence-corrected chi connectivity index (χ0v) is 10.6. The van der Waals surface area contributed by atoms with Crippen molar-refractivity contribution in [1.29, 1.82) is 0 Å². The molecule has 0 fully saturated rings. The molecule has 0 spiro atoms. The number of rotatable bonds is 8. The molecular formula is C14H22O3. The van der Waals surface area contributed by atoms with E-state index in [2.05, 4.69) is 24.3 Å². The largest absolute Gasteiger partial charge is 0.388 e. The van der Waals surface area contributed by atoms with Gasteiger partial charge in [0.1, 0.15) is 6.10 Å². The Hall–Kier alpha value is -0.900. The van der Waals surface area contributed by atoms with Gasteiger partial charge in [-0.1, -0.05) is 36.8 Å². The molecule has 0 bridgehead atoms. The fourth-order valence-electron chi connectivity index (χ4n) is 1.87. The predicted octanol–water partition coefficient (Wildman–Crippen LogP) is 2.38. The SMILES string of the molecule is COC(OC)C(O)CCCCc1ccccc1. The summed E-state index contributed by atoms with van der Waals surface area (Å²) in [5, 5.41) is 9.76. The standard InChI is InChI=1S/C14H22O3/c1-16-14(17-2)13(15)11-7-6-10-12-8-4-3-5-9-12/h3-5,8-9,13-15H,6-7,10-11H2,1-2H3. The highest BCUT2D eigenvalue weighted by atomic mass is 16.7. The number of ether oxygens (including phenoxy) is 2. The summed E-state index contributed by atoms with van der Waals surface area (Å²) in [6.45, 7) is 0. The molecule has 1 atom stereocenters. The average molecular weight is 238 g/mol. The van der Waals surface area contributed by atoms with Gasteiger partial charge >= 0.3 is 0 Å². The lowest BCUT2D eigenvalue weighted by Crippen LogP contribution is -2.29. The molecule has 0 aromatic heterocycles. The van der Waals surface area contributed by atoms with Crippen LogP contribution in [0.3, 0.4) is 0 Å². The van der Waals surface area contributed by atoms with Crippen LogP contribution < -0.4 is 0 Å². The van der Waals surface area contributed by atoms with Crippen molar-refractivity contribution in [3.63, 3.8) is 0 Å². The predicted molar refractivity (Wildman–Crippen MR) is 67.8 cm³/mol. The molecule has 96 valence electrons. The summed E-state index contributed by atoms with van der Waals surface area (Å²) < 4.78 is 10.0. The second-order valence-corrected chi connectivity index (χ2v) is 4.14. The van der Waals surface area contributed by atoms with Gasteiger partial charge in [0.15, 0.2) is 6.29 Å². The van der Waals surface area contributed by atoms with Crippen LogP contribution in [-0.2, 0) is 15.9 Å². The van der Waals surface area contributed by atoms with E-state index in [-0.39, 0.29) is 0 Å². The zero-order chi connectivity index (χ0) is 12.5. The van der Waals surface area contributed by atoms with E-state index in [0.29, 0.717) is 6.42 Å². The molecule has 1 aromatic rings. The third-order valence-corrected chi connectivity index (χ3v) is 2.84. The van der Waals surface area contributed by atoms with Crippen LogP contribution in [0.1, 0.15) is 24.8 Å². The molecule has 0 amide bonds. The maximum Gasteiger partial charge on any atom is 0.182 e. The van der Waals surface area contributed by atoms with Crippen LogP contribution in [0.25, 0.3) is 0 Å². The second-order valence-electron chi connectivity index (χ2n) is 4.14. The van der Waals surface area contributed by atoms with Crippen molar-refractivity contribution in [2.24, 2.45) is 0 Å². The Morgan fingerprint density at radius 3 is 2.29 bits per heavy atom. The number of methoxy groups -OCH3 is 2. The van der Waals surface area contributed by atoms with Gasteiger partial charge in [-0.3, -0.25) is 0 Å². The van der Waals surface area contributed by atoms with Gasteiger partial charge in [-0.05, 0) is 24.8 Å². The van der Waals surface area contributed by atoms with Gasteiger partial charge in [0.25, 0.3) is 0 Å². The molecule has 0 aliphatic carbocycles. The van der Waals surface area contributed by atoms with E-state index in [9.17, 15) is 5.11 Å². The van der Waals surface area contributed by atoms with Crippen molar-refractivity contribution in [3.8, 4) is 0 Å². The fraction of sp³-hybridized carbons (Fsp3) is 0.571. The van der Waals surface area contributed by atoms with Gasteiger partial charge in [-0.2, -0.15) is 0 Å². The lowest BCUT2D eigenvalue weighted by Gasteiger charge is -2.19. The van der Waals surface area contributed by atoms with Crippen molar-refractivity contribution < 1.29 is 14.6 Å². The zero-order valence-electron chi connectivity index (χ0n) is 10.6. The van der Waals surface area contributed by atoms with Gasteiger partial charge < -0.3 is 14.6 Å². The van der Waals surface area contributed by atoms with Crippen molar-refractivity contribution >= 4 is 0 Å². The van der Waals surface area contributed by atoms with Crippen LogP contribution in [-0.4, -0.2) is 31.7 Å². The molecule has 0 saturated heterocycles. The van der Waals surface area contributed by atoms with Gasteiger partial charge in [-0.15, -0.1) is 0 Å². The lowest BCUT2D eigenvalue weighted by atomic mass is 10.1. The molecule has 3 heteroatoms. The molecule has 0 heterocycles. The smallest absolute Gasteiger partial charge is 0.182 e. The van der Waals surface area contributed by atoms with Crippen LogP contribution in [0.2, 0.25) is 0 Å². The molecule has 17 heavy (non-hydrogen) atoms. The molecule has 0 saturated carbocycles. The van der Waals surface area contributed by atoms with Crippen molar-refractivity contribution in [2.75, 3.05) is 14.2 Å². The third-order valence-electron chi connectivity index (χ3n) is 2.84. The normalized spacial score (nSPS) is 12.9. The number of benzene rings is 1. The molecule has 1 unspecified atom stereocenters. The van der Waals surface area contributed by atoms with Crippen LogP contribution in [0.4, 0.5) is 0 Å². The van der Waals surface area contributed by atoms with Crippen LogP contribution >= 0.6 is 0 Å². The van der Waals surface area contributed by atoms with Crippen molar-refractivity contribution in [1.82, 2.24) is 0 Å². The summed E-state index contributed by atoms with van der Waals surface area (Å²) >= 11 is 0. The molecule has 1 aromatic carbocycles. The van der Waals surface area contributed by atoms with E-state index in [4.69, 9.17) is 9.47 Å². The molecule has 3 nitrogen and oxygen atoms in total. The molecule has 1 N–H and O–H groups in total. The van der Waals surface area contributed by atoms with Crippen LogP contribution in [0.5, 0.6) is 0 Å². The van der Waals surface area contributed by atoms with Gasteiger partial charge in [-0.25, -0.2) is 0 Å². The molecule has 1 rings (SSSR count). The second kappa shape index (κ2) is 8.23. The number of hydrogen-bond acceptors (Lipinski definition) is 3.